The van der Waals surface area contributed by atoms with Crippen molar-refractivity contribution in [3.05, 3.63) is 35.9 Å². The van der Waals surface area contributed by atoms with Crippen molar-refractivity contribution < 1.29 is 9.59 Å². The second-order valence-electron chi connectivity index (χ2n) is 4.89. The van der Waals surface area contributed by atoms with Crippen molar-refractivity contribution in [2.45, 2.75) is 38.5 Å². The van der Waals surface area contributed by atoms with Gasteiger partial charge in [-0.15, -0.1) is 0 Å². The predicted molar refractivity (Wildman–Crippen MR) is 66.8 cm³/mol. The quantitative estimate of drug-likeness (QED) is 0.799. The highest BCUT2D eigenvalue weighted by atomic mass is 16.1. The molecule has 0 radical (unpaired) electrons. The van der Waals surface area contributed by atoms with Gasteiger partial charge in [0, 0.05) is 18.8 Å². The molecule has 1 aromatic rings. The molecule has 1 aliphatic carbocycles. The zero-order valence-corrected chi connectivity index (χ0v) is 10.2. The fraction of sp³-hybridized carbons (Fsp3) is 0.467. The van der Waals surface area contributed by atoms with Gasteiger partial charge in [-0.1, -0.05) is 30.3 Å². The lowest BCUT2D eigenvalue weighted by molar-refractivity contribution is -0.123. The molecule has 0 spiro atoms. The second-order valence-corrected chi connectivity index (χ2v) is 4.89. The minimum Gasteiger partial charge on any atom is -0.300 e. The molecule has 1 fully saturated rings. The summed E-state index contributed by atoms with van der Waals surface area (Å²) in [5.74, 6) is 0.593. The molecule has 0 amide bonds. The van der Waals surface area contributed by atoms with Crippen LogP contribution in [0.25, 0.3) is 0 Å². The van der Waals surface area contributed by atoms with E-state index in [0.29, 0.717) is 18.6 Å². The van der Waals surface area contributed by atoms with Crippen LogP contribution in [0.4, 0.5) is 0 Å². The van der Waals surface area contributed by atoms with Gasteiger partial charge in [0.25, 0.3) is 0 Å². The Balaban J connectivity index is 2.23. The van der Waals surface area contributed by atoms with Crippen molar-refractivity contribution in [2.24, 2.45) is 5.92 Å². The van der Waals surface area contributed by atoms with E-state index in [1.807, 2.05) is 30.3 Å². The zero-order chi connectivity index (χ0) is 12.3. The molecule has 1 aromatic carbocycles. The Morgan fingerprint density at radius 2 is 2.00 bits per heavy atom. The van der Waals surface area contributed by atoms with Crippen LogP contribution in [0.5, 0.6) is 0 Å². The summed E-state index contributed by atoms with van der Waals surface area (Å²) < 4.78 is 0. The first-order valence-electron chi connectivity index (χ1n) is 6.25. The monoisotopic (exact) mass is 230 g/mol. The Bertz CT molecular complexity index is 408. The van der Waals surface area contributed by atoms with Gasteiger partial charge in [0.15, 0.2) is 0 Å². The van der Waals surface area contributed by atoms with Crippen LogP contribution in [0, 0.1) is 5.92 Å². The highest BCUT2D eigenvalue weighted by Crippen LogP contribution is 2.35. The molecular weight excluding hydrogens is 212 g/mol. The van der Waals surface area contributed by atoms with Crippen LogP contribution in [0.1, 0.15) is 44.1 Å². The van der Waals surface area contributed by atoms with Crippen LogP contribution in [-0.2, 0) is 9.59 Å². The summed E-state index contributed by atoms with van der Waals surface area (Å²) in [5.41, 5.74) is 1.06. The predicted octanol–water partition coefficient (Wildman–Crippen LogP) is 3.12. The lowest BCUT2D eigenvalue weighted by Gasteiger charge is -2.28. The van der Waals surface area contributed by atoms with Crippen LogP contribution >= 0.6 is 0 Å². The molecule has 0 heterocycles. The van der Waals surface area contributed by atoms with Crippen molar-refractivity contribution in [1.29, 1.82) is 0 Å². The first kappa shape index (κ1) is 12.0. The summed E-state index contributed by atoms with van der Waals surface area (Å²) in [6.45, 7) is 1.64. The number of benzene rings is 1. The Morgan fingerprint density at radius 3 is 2.59 bits per heavy atom. The van der Waals surface area contributed by atoms with Gasteiger partial charge in [-0.05, 0) is 31.2 Å². The third-order valence-electron chi connectivity index (χ3n) is 3.59. The van der Waals surface area contributed by atoms with Gasteiger partial charge in [-0.3, -0.25) is 9.59 Å². The number of carbonyl (C=O) groups is 2. The Kier molecular flexibility index (Phi) is 3.72. The lowest BCUT2D eigenvalue weighted by Crippen LogP contribution is -2.25. The highest BCUT2D eigenvalue weighted by molar-refractivity contribution is 5.86. The standard InChI is InChI=1S/C15H18O2/c1-11(16)15(12-6-3-2-4-7-12)13-8-5-9-14(17)10-13/h2-4,6-7,13,15H,5,8-10H2,1H3. The minimum atomic E-state index is -0.0968. The van der Waals surface area contributed by atoms with E-state index in [1.165, 1.54) is 0 Å². The van der Waals surface area contributed by atoms with E-state index in [9.17, 15) is 9.59 Å². The summed E-state index contributed by atoms with van der Waals surface area (Å²) in [5, 5.41) is 0. The van der Waals surface area contributed by atoms with Crippen molar-refractivity contribution in [3.63, 3.8) is 0 Å². The van der Waals surface area contributed by atoms with E-state index >= 15 is 0 Å². The van der Waals surface area contributed by atoms with E-state index in [-0.39, 0.29) is 17.6 Å². The van der Waals surface area contributed by atoms with Gasteiger partial charge < -0.3 is 0 Å². The molecular formula is C15H18O2. The van der Waals surface area contributed by atoms with Gasteiger partial charge >= 0.3 is 0 Å². The average Bonchev–Trinajstić information content (AvgIpc) is 2.30. The van der Waals surface area contributed by atoms with E-state index in [2.05, 4.69) is 0 Å². The molecule has 2 unspecified atom stereocenters. The first-order valence-corrected chi connectivity index (χ1v) is 6.25. The van der Waals surface area contributed by atoms with E-state index in [4.69, 9.17) is 0 Å². The normalized spacial score (nSPS) is 22.2. The van der Waals surface area contributed by atoms with Crippen LogP contribution < -0.4 is 0 Å². The Labute approximate surface area is 102 Å². The van der Waals surface area contributed by atoms with Gasteiger partial charge in [-0.25, -0.2) is 0 Å². The van der Waals surface area contributed by atoms with Crippen molar-refractivity contribution in [3.8, 4) is 0 Å². The fourth-order valence-electron chi connectivity index (χ4n) is 2.84. The van der Waals surface area contributed by atoms with E-state index < -0.39 is 0 Å². The minimum absolute atomic E-state index is 0.0968. The third kappa shape index (κ3) is 2.82. The fourth-order valence-corrected chi connectivity index (χ4v) is 2.84. The molecule has 0 aromatic heterocycles. The van der Waals surface area contributed by atoms with E-state index in [0.717, 1.165) is 18.4 Å². The zero-order valence-electron chi connectivity index (χ0n) is 10.2. The largest absolute Gasteiger partial charge is 0.300 e. The van der Waals surface area contributed by atoms with Crippen LogP contribution in [0.2, 0.25) is 0 Å². The number of rotatable bonds is 3. The molecule has 90 valence electrons. The number of carbonyl (C=O) groups excluding carboxylic acids is 2. The third-order valence-corrected chi connectivity index (χ3v) is 3.59. The Hall–Kier alpha value is -1.44. The van der Waals surface area contributed by atoms with Crippen molar-refractivity contribution in [1.82, 2.24) is 0 Å². The summed E-state index contributed by atoms with van der Waals surface area (Å²) in [6, 6.07) is 9.84. The van der Waals surface area contributed by atoms with Gasteiger partial charge in [0.05, 0.1) is 0 Å². The van der Waals surface area contributed by atoms with Gasteiger partial charge in [0.2, 0.25) is 0 Å². The number of hydrogen-bond acceptors (Lipinski definition) is 2. The highest BCUT2D eigenvalue weighted by Gasteiger charge is 2.31. The number of Topliss-reactive ketones (excluding diaryl/α,β-unsaturated/α-hetero) is 2. The number of hydrogen-bond donors (Lipinski definition) is 0. The maximum absolute atomic E-state index is 11.8. The molecule has 2 atom stereocenters. The molecule has 1 aliphatic rings. The average molecular weight is 230 g/mol. The second kappa shape index (κ2) is 5.26. The molecule has 17 heavy (non-hydrogen) atoms. The summed E-state index contributed by atoms with van der Waals surface area (Å²) in [7, 11) is 0. The van der Waals surface area contributed by atoms with Crippen LogP contribution in [0.15, 0.2) is 30.3 Å². The first-order chi connectivity index (χ1) is 8.18. The molecule has 0 saturated heterocycles. The SMILES string of the molecule is CC(=O)C(c1ccccc1)C1CCCC(=O)C1. The molecule has 0 aliphatic heterocycles. The molecule has 0 bridgehead atoms. The van der Waals surface area contributed by atoms with Crippen molar-refractivity contribution >= 4 is 11.6 Å². The maximum Gasteiger partial charge on any atom is 0.137 e. The van der Waals surface area contributed by atoms with Crippen LogP contribution in [0.3, 0.4) is 0 Å². The molecule has 0 N–H and O–H groups in total. The lowest BCUT2D eigenvalue weighted by atomic mass is 9.75. The molecule has 2 heteroatoms. The summed E-state index contributed by atoms with van der Waals surface area (Å²) in [6.07, 6.45) is 3.18. The molecule has 1 saturated carbocycles. The number of ketones is 2. The van der Waals surface area contributed by atoms with Crippen LogP contribution in [-0.4, -0.2) is 11.6 Å². The Morgan fingerprint density at radius 1 is 1.29 bits per heavy atom. The molecule has 2 rings (SSSR count). The smallest absolute Gasteiger partial charge is 0.137 e. The van der Waals surface area contributed by atoms with Gasteiger partial charge in [0.1, 0.15) is 11.6 Å². The van der Waals surface area contributed by atoms with E-state index in [1.54, 1.807) is 6.92 Å². The van der Waals surface area contributed by atoms with Gasteiger partial charge in [-0.2, -0.15) is 0 Å². The van der Waals surface area contributed by atoms with Crippen molar-refractivity contribution in [2.75, 3.05) is 0 Å². The summed E-state index contributed by atoms with van der Waals surface area (Å²) in [4.78, 5) is 23.4. The summed E-state index contributed by atoms with van der Waals surface area (Å²) >= 11 is 0. The maximum atomic E-state index is 11.8. The topological polar surface area (TPSA) is 34.1 Å². The molecule has 2 nitrogen and oxygen atoms in total.